The molecule has 0 unspecified atom stereocenters. The maximum absolute atomic E-state index is 13.1. The average molecular weight is 428 g/mol. The predicted molar refractivity (Wildman–Crippen MR) is 98.1 cm³/mol. The molecular weight excluding hydrogens is 409 g/mol. The van der Waals surface area contributed by atoms with Gasteiger partial charge in [-0.15, -0.1) is 0 Å². The minimum Gasteiger partial charge on any atom is -0.490 e. The van der Waals surface area contributed by atoms with Gasteiger partial charge in [-0.2, -0.15) is 13.2 Å². The second kappa shape index (κ2) is 7.33. The third-order valence-corrected chi connectivity index (χ3v) is 5.43. The van der Waals surface area contributed by atoms with Crippen LogP contribution in [0.5, 0.6) is 5.75 Å². The van der Waals surface area contributed by atoms with Crippen molar-refractivity contribution in [2.45, 2.75) is 44.1 Å². The van der Waals surface area contributed by atoms with Gasteiger partial charge in [-0.05, 0) is 43.7 Å². The molecule has 2 heterocycles. The van der Waals surface area contributed by atoms with Crippen LogP contribution in [0.4, 0.5) is 13.2 Å². The first kappa shape index (κ1) is 21.1. The zero-order valence-electron chi connectivity index (χ0n) is 15.9. The van der Waals surface area contributed by atoms with Crippen molar-refractivity contribution >= 4 is 15.7 Å². The zero-order chi connectivity index (χ0) is 21.6. The van der Waals surface area contributed by atoms with E-state index in [-0.39, 0.29) is 41.1 Å². The molecule has 10 heteroatoms. The number of benzene rings is 1. The van der Waals surface area contributed by atoms with Crippen LogP contribution in [0.3, 0.4) is 0 Å². The topological polar surface area (TPSA) is 76.6 Å². The Hall–Kier alpha value is -2.62. The van der Waals surface area contributed by atoms with E-state index in [1.165, 1.54) is 29.2 Å². The highest BCUT2D eigenvalue weighted by Gasteiger charge is 2.35. The molecule has 0 N–H and O–H groups in total. The van der Waals surface area contributed by atoms with E-state index in [1.807, 2.05) is 0 Å². The Balaban J connectivity index is 1.95. The van der Waals surface area contributed by atoms with E-state index >= 15 is 0 Å². The lowest BCUT2D eigenvalue weighted by Crippen LogP contribution is -2.26. The Labute approximate surface area is 166 Å². The summed E-state index contributed by atoms with van der Waals surface area (Å²) < 4.78 is 68.1. The highest BCUT2D eigenvalue weighted by Crippen LogP contribution is 2.32. The van der Waals surface area contributed by atoms with E-state index < -0.39 is 27.6 Å². The number of pyridine rings is 1. The lowest BCUT2D eigenvalue weighted by Gasteiger charge is -2.19. The summed E-state index contributed by atoms with van der Waals surface area (Å²) in [6.45, 7) is 3.48. The fourth-order valence-electron chi connectivity index (χ4n) is 2.99. The number of aromatic nitrogens is 1. The first-order valence-corrected chi connectivity index (χ1v) is 10.6. The number of halogens is 3. The smallest absolute Gasteiger partial charge is 0.433 e. The number of hydrogen-bond donors (Lipinski definition) is 0. The molecule has 1 aliphatic heterocycles. The van der Waals surface area contributed by atoms with E-state index in [0.29, 0.717) is 5.56 Å². The summed E-state index contributed by atoms with van der Waals surface area (Å²) in [4.78, 5) is 18.0. The number of nitrogens with zero attached hydrogens (tertiary/aromatic N) is 2. The molecule has 1 aliphatic rings. The van der Waals surface area contributed by atoms with Crippen LogP contribution >= 0.6 is 0 Å². The average Bonchev–Trinajstić information content (AvgIpc) is 3.02. The molecule has 0 saturated carbocycles. The van der Waals surface area contributed by atoms with Crippen molar-refractivity contribution in [3.63, 3.8) is 0 Å². The van der Waals surface area contributed by atoms with Crippen molar-refractivity contribution in [1.82, 2.24) is 9.88 Å². The largest absolute Gasteiger partial charge is 0.490 e. The van der Waals surface area contributed by atoms with E-state index in [9.17, 15) is 26.4 Å². The molecule has 0 atom stereocenters. The molecule has 0 spiro atoms. The molecule has 1 aromatic carbocycles. The van der Waals surface area contributed by atoms with Gasteiger partial charge in [0.05, 0.1) is 28.8 Å². The maximum atomic E-state index is 13.1. The lowest BCUT2D eigenvalue weighted by atomic mass is 10.1. The van der Waals surface area contributed by atoms with Gasteiger partial charge in [0, 0.05) is 12.8 Å². The van der Waals surface area contributed by atoms with Crippen LogP contribution in [0.2, 0.25) is 0 Å². The van der Waals surface area contributed by atoms with Gasteiger partial charge in [0.1, 0.15) is 11.4 Å². The van der Waals surface area contributed by atoms with Crippen LogP contribution < -0.4 is 4.74 Å². The second-order valence-electron chi connectivity index (χ2n) is 7.06. The van der Waals surface area contributed by atoms with Crippen LogP contribution in [0, 0.1) is 0 Å². The molecular formula is C19H19F3N2O4S. The first-order chi connectivity index (χ1) is 13.4. The molecule has 156 valence electrons. The Bertz CT molecular complexity index is 1070. The summed E-state index contributed by atoms with van der Waals surface area (Å²) >= 11 is 0. The van der Waals surface area contributed by atoms with Crippen molar-refractivity contribution in [3.05, 3.63) is 52.8 Å². The standard InChI is InChI=1S/C19H19F3N2O4S/c1-11(2)28-16-6-5-13(29(3,26)27)8-14(16)18(25)24-9-12-4-7-17(19(20,21)22)23-15(12)10-24/h4-8,11H,9-10H2,1-3H3. The molecule has 0 bridgehead atoms. The van der Waals surface area contributed by atoms with Gasteiger partial charge in [-0.25, -0.2) is 13.4 Å². The van der Waals surface area contributed by atoms with Gasteiger partial charge in [-0.1, -0.05) is 6.07 Å². The van der Waals surface area contributed by atoms with Crippen LogP contribution in [-0.4, -0.2) is 36.6 Å². The van der Waals surface area contributed by atoms with Crippen molar-refractivity contribution in [1.29, 1.82) is 0 Å². The van der Waals surface area contributed by atoms with E-state index in [0.717, 1.165) is 12.3 Å². The first-order valence-electron chi connectivity index (χ1n) is 8.72. The molecule has 0 radical (unpaired) electrons. The molecule has 29 heavy (non-hydrogen) atoms. The number of ether oxygens (including phenoxy) is 1. The number of sulfone groups is 1. The quantitative estimate of drug-likeness (QED) is 0.746. The van der Waals surface area contributed by atoms with Gasteiger partial charge in [0.2, 0.25) is 0 Å². The van der Waals surface area contributed by atoms with Gasteiger partial charge >= 0.3 is 6.18 Å². The van der Waals surface area contributed by atoms with E-state index in [1.54, 1.807) is 13.8 Å². The Morgan fingerprint density at radius 2 is 1.86 bits per heavy atom. The number of rotatable bonds is 4. The minimum absolute atomic E-state index is 0.0328. The summed E-state index contributed by atoms with van der Waals surface area (Å²) in [5.74, 6) is -0.338. The fourth-order valence-corrected chi connectivity index (χ4v) is 3.64. The third kappa shape index (κ3) is 4.52. The molecule has 1 aromatic heterocycles. The number of carbonyl (C=O) groups excluding carboxylic acids is 1. The van der Waals surface area contributed by atoms with Gasteiger partial charge in [-0.3, -0.25) is 4.79 Å². The summed E-state index contributed by atoms with van der Waals surface area (Å²) in [6.07, 6.45) is -3.82. The Kier molecular flexibility index (Phi) is 5.33. The molecule has 0 aliphatic carbocycles. The highest BCUT2D eigenvalue weighted by atomic mass is 32.2. The summed E-state index contributed by atoms with van der Waals surface area (Å²) in [6, 6.07) is 6.17. The Morgan fingerprint density at radius 3 is 2.45 bits per heavy atom. The molecule has 2 aromatic rings. The second-order valence-corrected chi connectivity index (χ2v) is 9.07. The number of fused-ring (bicyclic) bond motifs is 1. The third-order valence-electron chi connectivity index (χ3n) is 4.32. The molecule has 0 fully saturated rings. The summed E-state index contributed by atoms with van der Waals surface area (Å²) in [5, 5.41) is 0. The summed E-state index contributed by atoms with van der Waals surface area (Å²) in [5.41, 5.74) is -0.311. The number of carbonyl (C=O) groups is 1. The van der Waals surface area contributed by atoms with Crippen LogP contribution in [-0.2, 0) is 29.1 Å². The zero-order valence-corrected chi connectivity index (χ0v) is 16.8. The fraction of sp³-hybridized carbons (Fsp3) is 0.368. The maximum Gasteiger partial charge on any atom is 0.433 e. The van der Waals surface area contributed by atoms with Gasteiger partial charge in [0.15, 0.2) is 9.84 Å². The van der Waals surface area contributed by atoms with Crippen LogP contribution in [0.15, 0.2) is 35.2 Å². The molecule has 1 amide bonds. The van der Waals surface area contributed by atoms with Crippen LogP contribution in [0.1, 0.15) is 41.2 Å². The highest BCUT2D eigenvalue weighted by molar-refractivity contribution is 7.90. The molecule has 3 rings (SSSR count). The van der Waals surface area contributed by atoms with E-state index in [4.69, 9.17) is 4.74 Å². The summed E-state index contributed by atoms with van der Waals surface area (Å²) in [7, 11) is -3.57. The lowest BCUT2D eigenvalue weighted by molar-refractivity contribution is -0.141. The van der Waals surface area contributed by atoms with Crippen molar-refractivity contribution in [2.75, 3.05) is 6.26 Å². The van der Waals surface area contributed by atoms with Crippen LogP contribution in [0.25, 0.3) is 0 Å². The Morgan fingerprint density at radius 1 is 1.17 bits per heavy atom. The van der Waals surface area contributed by atoms with Gasteiger partial charge < -0.3 is 9.64 Å². The van der Waals surface area contributed by atoms with Crippen molar-refractivity contribution < 1.29 is 31.1 Å². The van der Waals surface area contributed by atoms with Crippen molar-refractivity contribution in [3.8, 4) is 5.75 Å². The predicted octanol–water partition coefficient (Wildman–Crippen LogP) is 3.45. The normalized spacial score (nSPS) is 14.2. The van der Waals surface area contributed by atoms with Crippen molar-refractivity contribution in [2.24, 2.45) is 0 Å². The SMILES string of the molecule is CC(C)Oc1ccc(S(C)(=O)=O)cc1C(=O)N1Cc2ccc(C(F)(F)F)nc2C1. The monoisotopic (exact) mass is 428 g/mol. The minimum atomic E-state index is -4.57. The molecule has 6 nitrogen and oxygen atoms in total. The van der Waals surface area contributed by atoms with E-state index in [2.05, 4.69) is 4.98 Å². The number of hydrogen-bond acceptors (Lipinski definition) is 5. The number of alkyl halides is 3. The molecule has 0 saturated heterocycles. The number of amides is 1. The van der Waals surface area contributed by atoms with Gasteiger partial charge in [0.25, 0.3) is 5.91 Å².